The molecule has 124 valence electrons. The van der Waals surface area contributed by atoms with Gasteiger partial charge in [0.15, 0.2) is 5.96 Å². The molecule has 0 aliphatic rings. The second kappa shape index (κ2) is 8.79. The SMILES string of the molecule is CCC(C)NC(=NC)NCC(C)(C)NC(C)c1ccccc1. The van der Waals surface area contributed by atoms with Crippen LogP contribution in [0.2, 0.25) is 0 Å². The maximum Gasteiger partial charge on any atom is 0.191 e. The van der Waals surface area contributed by atoms with Gasteiger partial charge in [0.05, 0.1) is 0 Å². The van der Waals surface area contributed by atoms with Gasteiger partial charge in [-0.25, -0.2) is 0 Å². The van der Waals surface area contributed by atoms with Crippen molar-refractivity contribution in [2.75, 3.05) is 13.6 Å². The molecule has 1 aromatic carbocycles. The first-order chi connectivity index (χ1) is 10.4. The molecular formula is C18H32N4. The predicted molar refractivity (Wildman–Crippen MR) is 96.3 cm³/mol. The Morgan fingerprint density at radius 3 is 2.36 bits per heavy atom. The van der Waals surface area contributed by atoms with Gasteiger partial charge in [0.2, 0.25) is 0 Å². The normalized spacial score (nSPS) is 15.3. The Morgan fingerprint density at radius 1 is 1.18 bits per heavy atom. The van der Waals surface area contributed by atoms with Crippen molar-refractivity contribution < 1.29 is 0 Å². The molecular weight excluding hydrogens is 272 g/mol. The lowest BCUT2D eigenvalue weighted by Gasteiger charge is -2.31. The van der Waals surface area contributed by atoms with Crippen LogP contribution in [0.3, 0.4) is 0 Å². The molecule has 0 bridgehead atoms. The molecule has 0 amide bonds. The summed E-state index contributed by atoms with van der Waals surface area (Å²) < 4.78 is 0. The van der Waals surface area contributed by atoms with E-state index in [1.807, 2.05) is 13.1 Å². The third kappa shape index (κ3) is 6.48. The van der Waals surface area contributed by atoms with Gasteiger partial charge in [0.25, 0.3) is 0 Å². The summed E-state index contributed by atoms with van der Waals surface area (Å²) in [6.07, 6.45) is 1.08. The molecule has 0 saturated carbocycles. The highest BCUT2D eigenvalue weighted by molar-refractivity contribution is 5.80. The van der Waals surface area contributed by atoms with E-state index in [-0.39, 0.29) is 5.54 Å². The molecule has 4 nitrogen and oxygen atoms in total. The topological polar surface area (TPSA) is 48.5 Å². The Labute approximate surface area is 135 Å². The zero-order chi connectivity index (χ0) is 16.6. The van der Waals surface area contributed by atoms with Crippen molar-refractivity contribution in [3.63, 3.8) is 0 Å². The average Bonchev–Trinajstić information content (AvgIpc) is 2.51. The van der Waals surface area contributed by atoms with E-state index in [0.717, 1.165) is 18.9 Å². The van der Waals surface area contributed by atoms with Crippen molar-refractivity contribution in [1.82, 2.24) is 16.0 Å². The fourth-order valence-corrected chi connectivity index (χ4v) is 2.30. The third-order valence-electron chi connectivity index (χ3n) is 3.82. The van der Waals surface area contributed by atoms with E-state index in [4.69, 9.17) is 0 Å². The van der Waals surface area contributed by atoms with Gasteiger partial charge in [-0.3, -0.25) is 4.99 Å². The van der Waals surface area contributed by atoms with Crippen molar-refractivity contribution in [2.45, 2.75) is 58.7 Å². The Kier molecular flexibility index (Phi) is 7.39. The zero-order valence-corrected chi connectivity index (χ0v) is 14.9. The van der Waals surface area contributed by atoms with E-state index in [2.05, 4.69) is 79.8 Å². The smallest absolute Gasteiger partial charge is 0.191 e. The summed E-state index contributed by atoms with van der Waals surface area (Å²) in [6, 6.07) is 11.3. The number of hydrogen-bond donors (Lipinski definition) is 3. The molecule has 0 aromatic heterocycles. The highest BCUT2D eigenvalue weighted by atomic mass is 15.2. The molecule has 2 atom stereocenters. The average molecular weight is 304 g/mol. The van der Waals surface area contributed by atoms with Crippen LogP contribution in [0.1, 0.15) is 52.6 Å². The van der Waals surface area contributed by atoms with Crippen LogP contribution in [0.15, 0.2) is 35.3 Å². The number of nitrogens with one attached hydrogen (secondary N) is 3. The molecule has 0 fully saturated rings. The van der Waals surface area contributed by atoms with E-state index in [1.165, 1.54) is 5.56 Å². The second-order valence-electron chi connectivity index (χ2n) is 6.54. The molecule has 0 saturated heterocycles. The summed E-state index contributed by atoms with van der Waals surface area (Å²) in [7, 11) is 1.81. The first-order valence-electron chi connectivity index (χ1n) is 8.17. The Balaban J connectivity index is 2.52. The summed E-state index contributed by atoms with van der Waals surface area (Å²) in [5, 5.41) is 10.5. The van der Waals surface area contributed by atoms with E-state index in [9.17, 15) is 0 Å². The number of benzene rings is 1. The monoisotopic (exact) mass is 304 g/mol. The van der Waals surface area contributed by atoms with E-state index >= 15 is 0 Å². The van der Waals surface area contributed by atoms with Crippen molar-refractivity contribution in [1.29, 1.82) is 0 Å². The van der Waals surface area contributed by atoms with Crippen molar-refractivity contribution in [2.24, 2.45) is 4.99 Å². The van der Waals surface area contributed by atoms with Crippen LogP contribution in [0.25, 0.3) is 0 Å². The maximum absolute atomic E-state index is 4.28. The molecule has 4 heteroatoms. The van der Waals surface area contributed by atoms with Crippen LogP contribution in [0.5, 0.6) is 0 Å². The van der Waals surface area contributed by atoms with Crippen LogP contribution >= 0.6 is 0 Å². The zero-order valence-electron chi connectivity index (χ0n) is 14.9. The Hall–Kier alpha value is -1.55. The lowest BCUT2D eigenvalue weighted by Crippen LogP contribution is -2.53. The van der Waals surface area contributed by atoms with E-state index in [1.54, 1.807) is 0 Å². The molecule has 0 heterocycles. The van der Waals surface area contributed by atoms with Crippen LogP contribution in [-0.4, -0.2) is 31.1 Å². The summed E-state index contributed by atoms with van der Waals surface area (Å²) in [4.78, 5) is 4.28. The highest BCUT2D eigenvalue weighted by Gasteiger charge is 2.21. The number of guanidine groups is 1. The highest BCUT2D eigenvalue weighted by Crippen LogP contribution is 2.15. The molecule has 0 radical (unpaired) electrons. The molecule has 0 aliphatic heterocycles. The fourth-order valence-electron chi connectivity index (χ4n) is 2.30. The van der Waals surface area contributed by atoms with Crippen LogP contribution in [0, 0.1) is 0 Å². The van der Waals surface area contributed by atoms with Gasteiger partial charge < -0.3 is 16.0 Å². The fraction of sp³-hybridized carbons (Fsp3) is 0.611. The molecule has 1 rings (SSSR count). The minimum absolute atomic E-state index is 0.0394. The molecule has 1 aromatic rings. The van der Waals surface area contributed by atoms with Gasteiger partial charge >= 0.3 is 0 Å². The lowest BCUT2D eigenvalue weighted by atomic mass is 10.0. The summed E-state index contributed by atoms with van der Waals surface area (Å²) >= 11 is 0. The maximum atomic E-state index is 4.28. The Bertz CT molecular complexity index is 453. The predicted octanol–water partition coefficient (Wildman–Crippen LogP) is 3.08. The number of rotatable bonds is 7. The molecule has 22 heavy (non-hydrogen) atoms. The summed E-state index contributed by atoms with van der Waals surface area (Å²) in [5.41, 5.74) is 1.26. The van der Waals surface area contributed by atoms with Gasteiger partial charge in [-0.05, 0) is 39.7 Å². The first kappa shape index (κ1) is 18.5. The van der Waals surface area contributed by atoms with Crippen LogP contribution in [0.4, 0.5) is 0 Å². The van der Waals surface area contributed by atoms with Gasteiger partial charge in [-0.15, -0.1) is 0 Å². The third-order valence-corrected chi connectivity index (χ3v) is 3.82. The van der Waals surface area contributed by atoms with E-state index in [0.29, 0.717) is 12.1 Å². The minimum Gasteiger partial charge on any atom is -0.355 e. The quantitative estimate of drug-likeness (QED) is 0.536. The standard InChI is InChI=1S/C18H32N4/c1-7-14(2)21-17(19-6)20-13-18(4,5)22-15(3)16-11-9-8-10-12-16/h8-12,14-15,22H,7,13H2,1-6H3,(H2,19,20,21). The largest absolute Gasteiger partial charge is 0.355 e. The molecule has 2 unspecified atom stereocenters. The van der Waals surface area contributed by atoms with Gasteiger partial charge in [0.1, 0.15) is 0 Å². The number of aliphatic imine (C=N–C) groups is 1. The summed E-state index contributed by atoms with van der Waals surface area (Å²) in [5.74, 6) is 0.858. The van der Waals surface area contributed by atoms with Crippen LogP contribution in [-0.2, 0) is 0 Å². The number of nitrogens with zero attached hydrogens (tertiary/aromatic N) is 1. The Morgan fingerprint density at radius 2 is 1.82 bits per heavy atom. The minimum atomic E-state index is -0.0394. The van der Waals surface area contributed by atoms with Crippen LogP contribution < -0.4 is 16.0 Å². The lowest BCUT2D eigenvalue weighted by molar-refractivity contribution is 0.344. The van der Waals surface area contributed by atoms with Gasteiger partial charge in [-0.1, -0.05) is 37.3 Å². The van der Waals surface area contributed by atoms with Gasteiger partial charge in [-0.2, -0.15) is 0 Å². The van der Waals surface area contributed by atoms with Crippen molar-refractivity contribution >= 4 is 5.96 Å². The van der Waals surface area contributed by atoms with E-state index < -0.39 is 0 Å². The molecule has 3 N–H and O–H groups in total. The van der Waals surface area contributed by atoms with Crippen molar-refractivity contribution in [3.05, 3.63) is 35.9 Å². The first-order valence-corrected chi connectivity index (χ1v) is 8.17. The second-order valence-corrected chi connectivity index (χ2v) is 6.54. The van der Waals surface area contributed by atoms with Crippen molar-refractivity contribution in [3.8, 4) is 0 Å². The molecule has 0 aliphatic carbocycles. The number of hydrogen-bond acceptors (Lipinski definition) is 2. The molecule has 0 spiro atoms. The summed E-state index contributed by atoms with van der Waals surface area (Å²) in [6.45, 7) is 11.7. The van der Waals surface area contributed by atoms with Gasteiger partial charge in [0, 0.05) is 31.2 Å².